The van der Waals surface area contributed by atoms with Crippen LogP contribution in [0, 0.1) is 11.8 Å². The van der Waals surface area contributed by atoms with Gasteiger partial charge in [-0.3, -0.25) is 0 Å². The number of hydrogen-bond acceptors (Lipinski definition) is 5. The number of alkyl halides is 2. The molecule has 0 aliphatic heterocycles. The maximum atomic E-state index is 12.8. The van der Waals surface area contributed by atoms with Gasteiger partial charge in [0.2, 0.25) is 0 Å². The van der Waals surface area contributed by atoms with Crippen LogP contribution in [0.2, 0.25) is 0 Å². The molecule has 128 valence electrons. The van der Waals surface area contributed by atoms with Crippen molar-refractivity contribution in [1.82, 2.24) is 0 Å². The van der Waals surface area contributed by atoms with Crippen LogP contribution >= 0.6 is 0 Å². The molecule has 0 spiro atoms. The van der Waals surface area contributed by atoms with E-state index in [9.17, 15) is 18.4 Å². The highest BCUT2D eigenvalue weighted by molar-refractivity contribution is 5.86. The van der Waals surface area contributed by atoms with Crippen LogP contribution in [0.4, 0.5) is 13.6 Å². The molecular weight excluding hydrogens is 310 g/mol. The molecule has 4 rings (SSSR count). The van der Waals surface area contributed by atoms with Crippen molar-refractivity contribution in [2.75, 3.05) is 0 Å². The summed E-state index contributed by atoms with van der Waals surface area (Å²) in [6.07, 6.45) is 4.63. The molecule has 0 N–H and O–H groups in total. The molecule has 4 saturated carbocycles. The number of halogens is 2. The molecule has 4 bridgehead atoms. The van der Waals surface area contributed by atoms with Crippen molar-refractivity contribution in [2.45, 2.75) is 62.6 Å². The Kier molecular flexibility index (Phi) is 3.65. The minimum absolute atomic E-state index is 0.354. The predicted octanol–water partition coefficient (Wildman–Crippen LogP) is 3.57. The topological polar surface area (TPSA) is 61.8 Å². The van der Waals surface area contributed by atoms with Crippen LogP contribution in [-0.2, 0) is 19.0 Å². The minimum Gasteiger partial charge on any atom is -0.495 e. The Labute approximate surface area is 133 Å². The van der Waals surface area contributed by atoms with Gasteiger partial charge >= 0.3 is 18.0 Å². The standard InChI is InChI=1S/C16H20F2O5/c1-3-21-15-5-10-4-11(6-15)8-16(7-10,9-15)23-13(20)22-12(19)14(2,17)18/h3,10-11H,1,4-9H2,2H3. The lowest BCUT2D eigenvalue weighted by Gasteiger charge is -2.59. The summed E-state index contributed by atoms with van der Waals surface area (Å²) in [7, 11) is 0. The Morgan fingerprint density at radius 3 is 2.26 bits per heavy atom. The van der Waals surface area contributed by atoms with Crippen LogP contribution in [0.1, 0.15) is 45.4 Å². The number of esters is 1. The van der Waals surface area contributed by atoms with Gasteiger partial charge in [-0.25, -0.2) is 9.59 Å². The van der Waals surface area contributed by atoms with Gasteiger partial charge in [0.25, 0.3) is 0 Å². The summed E-state index contributed by atoms with van der Waals surface area (Å²) >= 11 is 0. The number of ether oxygens (including phenoxy) is 3. The van der Waals surface area contributed by atoms with Crippen molar-refractivity contribution in [3.63, 3.8) is 0 Å². The largest absolute Gasteiger partial charge is 0.516 e. The lowest BCUT2D eigenvalue weighted by atomic mass is 9.52. The highest BCUT2D eigenvalue weighted by Crippen LogP contribution is 2.60. The molecule has 5 nitrogen and oxygen atoms in total. The van der Waals surface area contributed by atoms with Crippen LogP contribution in [0.3, 0.4) is 0 Å². The third-order valence-corrected chi connectivity index (χ3v) is 5.12. The summed E-state index contributed by atoms with van der Waals surface area (Å²) in [4.78, 5) is 22.9. The molecule has 2 atom stereocenters. The smallest absolute Gasteiger partial charge is 0.495 e. The molecule has 4 aliphatic rings. The number of carbonyl (C=O) groups excluding carboxylic acids is 2. The predicted molar refractivity (Wildman–Crippen MR) is 74.6 cm³/mol. The first-order chi connectivity index (χ1) is 10.7. The highest BCUT2D eigenvalue weighted by Gasteiger charge is 2.61. The lowest BCUT2D eigenvalue weighted by Crippen LogP contribution is -2.61. The monoisotopic (exact) mass is 330 g/mol. The summed E-state index contributed by atoms with van der Waals surface area (Å²) in [6.45, 7) is 3.98. The van der Waals surface area contributed by atoms with Gasteiger partial charge in [-0.2, -0.15) is 8.78 Å². The zero-order chi connectivity index (χ0) is 16.9. The third-order valence-electron chi connectivity index (χ3n) is 5.12. The van der Waals surface area contributed by atoms with Gasteiger partial charge in [0.1, 0.15) is 11.2 Å². The average molecular weight is 330 g/mol. The lowest BCUT2D eigenvalue weighted by molar-refractivity contribution is -0.209. The molecule has 0 amide bonds. The number of hydrogen-bond donors (Lipinski definition) is 0. The number of carbonyl (C=O) groups is 2. The zero-order valence-electron chi connectivity index (χ0n) is 13.0. The first-order valence-corrected chi connectivity index (χ1v) is 7.77. The molecule has 2 unspecified atom stereocenters. The van der Waals surface area contributed by atoms with Crippen molar-refractivity contribution < 1.29 is 32.6 Å². The van der Waals surface area contributed by atoms with Crippen LogP contribution < -0.4 is 0 Å². The molecule has 0 saturated heterocycles. The van der Waals surface area contributed by atoms with Gasteiger partial charge in [-0.15, -0.1) is 0 Å². The van der Waals surface area contributed by atoms with Gasteiger partial charge < -0.3 is 14.2 Å². The fourth-order valence-corrected chi connectivity index (χ4v) is 4.89. The van der Waals surface area contributed by atoms with E-state index in [1.807, 2.05) is 0 Å². The summed E-state index contributed by atoms with van der Waals surface area (Å²) in [6, 6.07) is 0. The number of rotatable bonds is 4. The van der Waals surface area contributed by atoms with Gasteiger partial charge in [0.15, 0.2) is 0 Å². The van der Waals surface area contributed by atoms with Crippen molar-refractivity contribution in [2.24, 2.45) is 11.8 Å². The Morgan fingerprint density at radius 2 is 1.74 bits per heavy atom. The zero-order valence-corrected chi connectivity index (χ0v) is 13.0. The summed E-state index contributed by atoms with van der Waals surface area (Å²) in [5.41, 5.74) is -1.21. The fraction of sp³-hybridized carbons (Fsp3) is 0.750. The average Bonchev–Trinajstić information content (AvgIpc) is 2.34. The maximum absolute atomic E-state index is 12.8. The maximum Gasteiger partial charge on any atom is 0.516 e. The van der Waals surface area contributed by atoms with Gasteiger partial charge in [0, 0.05) is 13.3 Å². The van der Waals surface area contributed by atoms with E-state index in [1.165, 1.54) is 6.26 Å². The molecule has 0 heterocycles. The van der Waals surface area contributed by atoms with Gasteiger partial charge in [0.05, 0.1) is 6.26 Å². The second kappa shape index (κ2) is 5.18. The van der Waals surface area contributed by atoms with Gasteiger partial charge in [-0.05, 0) is 43.9 Å². The van der Waals surface area contributed by atoms with Crippen LogP contribution in [0.15, 0.2) is 12.8 Å². The van der Waals surface area contributed by atoms with E-state index in [2.05, 4.69) is 11.3 Å². The van der Waals surface area contributed by atoms with Crippen molar-refractivity contribution in [3.05, 3.63) is 12.8 Å². The Balaban J connectivity index is 1.71. The van der Waals surface area contributed by atoms with E-state index in [0.717, 1.165) is 19.3 Å². The van der Waals surface area contributed by atoms with Crippen molar-refractivity contribution in [3.8, 4) is 0 Å². The SMILES string of the molecule is C=COC12CC3CC(C1)CC(OC(=O)OC(=O)C(C)(F)F)(C3)C2. The van der Waals surface area contributed by atoms with Crippen LogP contribution in [-0.4, -0.2) is 29.2 Å². The molecule has 4 aliphatic carbocycles. The van der Waals surface area contributed by atoms with E-state index in [0.29, 0.717) is 38.0 Å². The quantitative estimate of drug-likeness (QED) is 0.448. The summed E-state index contributed by atoms with van der Waals surface area (Å²) < 4.78 is 40.9. The molecule has 7 heteroatoms. The summed E-state index contributed by atoms with van der Waals surface area (Å²) in [5, 5.41) is 0. The summed E-state index contributed by atoms with van der Waals surface area (Å²) in [5.74, 6) is -4.92. The van der Waals surface area contributed by atoms with Crippen LogP contribution in [0.5, 0.6) is 0 Å². The molecule has 0 aromatic heterocycles. The molecule has 23 heavy (non-hydrogen) atoms. The normalized spacial score (nSPS) is 38.0. The van der Waals surface area contributed by atoms with E-state index in [-0.39, 0.29) is 0 Å². The Hall–Kier alpha value is -1.66. The Morgan fingerprint density at radius 1 is 1.17 bits per heavy atom. The Bertz CT molecular complexity index is 525. The van der Waals surface area contributed by atoms with Gasteiger partial charge in [-0.1, -0.05) is 6.58 Å². The highest BCUT2D eigenvalue weighted by atomic mass is 19.3. The van der Waals surface area contributed by atoms with E-state index in [1.54, 1.807) is 0 Å². The van der Waals surface area contributed by atoms with E-state index in [4.69, 9.17) is 9.47 Å². The van der Waals surface area contributed by atoms with Crippen LogP contribution in [0.25, 0.3) is 0 Å². The minimum atomic E-state index is -3.73. The van der Waals surface area contributed by atoms with Crippen molar-refractivity contribution >= 4 is 12.1 Å². The molecule has 0 aromatic rings. The second-order valence-corrected chi connectivity index (χ2v) is 7.24. The van der Waals surface area contributed by atoms with E-state index >= 15 is 0 Å². The van der Waals surface area contributed by atoms with Crippen molar-refractivity contribution in [1.29, 1.82) is 0 Å². The molecule has 0 radical (unpaired) electrons. The molecule has 0 aromatic carbocycles. The first-order valence-electron chi connectivity index (χ1n) is 7.77. The fourth-order valence-electron chi connectivity index (χ4n) is 4.89. The first kappa shape index (κ1) is 16.2. The third kappa shape index (κ3) is 3.05. The molecular formula is C16H20F2O5. The van der Waals surface area contributed by atoms with E-state index < -0.39 is 29.2 Å². The molecule has 4 fully saturated rings. The second-order valence-electron chi connectivity index (χ2n) is 7.24.